The lowest BCUT2D eigenvalue weighted by Crippen LogP contribution is -2.53. The van der Waals surface area contributed by atoms with Gasteiger partial charge in [-0.3, -0.25) is 0 Å². The second kappa shape index (κ2) is 9.94. The SMILES string of the molecule is O=C(Nc1ccc(OC(F)(F)F)cc1)NC1CC=C=NC1Oc1ccc(F)cc1C1(C(F)(F)F)CCO1. The minimum Gasteiger partial charge on any atom is -0.465 e. The highest BCUT2D eigenvalue weighted by Gasteiger charge is 2.62. The zero-order valence-corrected chi connectivity index (χ0v) is 18.6. The summed E-state index contributed by atoms with van der Waals surface area (Å²) in [4.78, 5) is 16.4. The van der Waals surface area contributed by atoms with Gasteiger partial charge in [0.1, 0.15) is 17.3 Å². The molecular formula is C23H18F7N3O4. The Kier molecular flexibility index (Phi) is 7.07. The second-order valence-electron chi connectivity index (χ2n) is 8.05. The van der Waals surface area contributed by atoms with Gasteiger partial charge in [0.05, 0.1) is 12.6 Å². The maximum atomic E-state index is 13.9. The second-order valence-corrected chi connectivity index (χ2v) is 8.05. The lowest BCUT2D eigenvalue weighted by Gasteiger charge is -2.44. The van der Waals surface area contributed by atoms with Crippen molar-refractivity contribution in [2.24, 2.45) is 4.99 Å². The molecule has 37 heavy (non-hydrogen) atoms. The van der Waals surface area contributed by atoms with Gasteiger partial charge < -0.3 is 24.8 Å². The highest BCUT2D eigenvalue weighted by atomic mass is 19.4. The largest absolute Gasteiger partial charge is 0.573 e. The van der Waals surface area contributed by atoms with Crippen molar-refractivity contribution >= 4 is 17.6 Å². The number of nitrogens with one attached hydrogen (secondary N) is 2. The molecule has 2 N–H and O–H groups in total. The maximum Gasteiger partial charge on any atom is 0.573 e. The zero-order valence-electron chi connectivity index (χ0n) is 18.6. The fourth-order valence-corrected chi connectivity index (χ4v) is 3.77. The first-order chi connectivity index (χ1) is 17.4. The Bertz CT molecular complexity index is 1200. The molecule has 2 aliphatic rings. The van der Waals surface area contributed by atoms with Crippen molar-refractivity contribution in [3.8, 4) is 11.5 Å². The van der Waals surface area contributed by atoms with E-state index in [1.54, 1.807) is 0 Å². The van der Waals surface area contributed by atoms with Gasteiger partial charge in [0.15, 0.2) is 5.60 Å². The topological polar surface area (TPSA) is 81.2 Å². The summed E-state index contributed by atoms with van der Waals surface area (Å²) in [5.74, 6) is 0.793. The number of aliphatic imine (C=N–C) groups is 1. The average molecular weight is 533 g/mol. The summed E-state index contributed by atoms with van der Waals surface area (Å²) in [5.41, 5.74) is -3.16. The third-order valence-electron chi connectivity index (χ3n) is 5.56. The Morgan fingerprint density at radius 3 is 2.41 bits per heavy atom. The van der Waals surface area contributed by atoms with E-state index in [0.717, 1.165) is 24.3 Å². The van der Waals surface area contributed by atoms with Crippen LogP contribution in [0.5, 0.6) is 11.5 Å². The molecule has 2 aromatic rings. The van der Waals surface area contributed by atoms with E-state index in [9.17, 15) is 35.5 Å². The molecule has 1 fully saturated rings. The summed E-state index contributed by atoms with van der Waals surface area (Å²) in [6.07, 6.45) is -9.77. The van der Waals surface area contributed by atoms with E-state index in [-0.39, 0.29) is 24.5 Å². The molecular weight excluding hydrogens is 515 g/mol. The number of halogens is 7. The van der Waals surface area contributed by atoms with Crippen molar-refractivity contribution in [3.05, 3.63) is 59.9 Å². The van der Waals surface area contributed by atoms with Crippen molar-refractivity contribution < 1.29 is 49.7 Å². The quantitative estimate of drug-likeness (QED) is 0.486. The molecule has 7 nitrogen and oxygen atoms in total. The number of carbonyl (C=O) groups excluding carboxylic acids is 1. The molecule has 14 heteroatoms. The van der Waals surface area contributed by atoms with Crippen molar-refractivity contribution in [2.45, 2.75) is 43.3 Å². The van der Waals surface area contributed by atoms with Crippen molar-refractivity contribution in [1.82, 2.24) is 5.32 Å². The van der Waals surface area contributed by atoms with E-state index in [4.69, 9.17) is 9.47 Å². The summed E-state index contributed by atoms with van der Waals surface area (Å²) in [6, 6.07) is 5.31. The van der Waals surface area contributed by atoms with E-state index >= 15 is 0 Å². The van der Waals surface area contributed by atoms with Gasteiger partial charge >= 0.3 is 18.6 Å². The molecule has 0 aromatic heterocycles. The van der Waals surface area contributed by atoms with Crippen molar-refractivity contribution in [1.29, 1.82) is 0 Å². The minimum atomic E-state index is -4.87. The average Bonchev–Trinajstić information content (AvgIpc) is 2.75. The summed E-state index contributed by atoms with van der Waals surface area (Å²) in [7, 11) is 0. The summed E-state index contributed by atoms with van der Waals surface area (Å²) in [5, 5.41) is 4.95. The molecule has 0 aliphatic carbocycles. The van der Waals surface area contributed by atoms with E-state index in [2.05, 4.69) is 26.2 Å². The molecule has 0 bridgehead atoms. The zero-order chi connectivity index (χ0) is 26.8. The van der Waals surface area contributed by atoms with Crippen LogP contribution in [0.15, 0.2) is 53.5 Å². The normalized spacial score (nSPS) is 23.2. The van der Waals surface area contributed by atoms with Crippen molar-refractivity contribution in [2.75, 3.05) is 11.9 Å². The van der Waals surface area contributed by atoms with E-state index in [0.29, 0.717) is 6.07 Å². The van der Waals surface area contributed by atoms with Gasteiger partial charge in [-0.2, -0.15) is 18.2 Å². The standard InChI is InChI=1S/C23H18F7N3O4/c24-13-3-8-18(16(12-13)21(9-11-35-21)22(25,26)27)36-19-17(2-1-10-31-19)33-20(34)32-14-4-6-15(7-5-14)37-23(28,29)30/h1,3-8,12,17,19H,2,9,11H2,(H2,32,33,34). The molecule has 2 amide bonds. The fourth-order valence-electron chi connectivity index (χ4n) is 3.77. The van der Waals surface area contributed by atoms with Crippen LogP contribution in [0, 0.1) is 5.82 Å². The molecule has 4 rings (SSSR count). The molecule has 0 radical (unpaired) electrons. The molecule has 0 saturated carbocycles. The molecule has 3 unspecified atom stereocenters. The number of ether oxygens (including phenoxy) is 3. The first kappa shape index (κ1) is 26.3. The van der Waals surface area contributed by atoms with Gasteiger partial charge in [-0.25, -0.2) is 9.18 Å². The van der Waals surface area contributed by atoms with Crippen molar-refractivity contribution in [3.63, 3.8) is 0 Å². The van der Waals surface area contributed by atoms with Gasteiger partial charge in [0, 0.05) is 24.1 Å². The van der Waals surface area contributed by atoms with Gasteiger partial charge in [-0.1, -0.05) is 0 Å². The third kappa shape index (κ3) is 5.97. The molecule has 198 valence electrons. The smallest absolute Gasteiger partial charge is 0.465 e. The third-order valence-corrected chi connectivity index (χ3v) is 5.56. The number of carbonyl (C=O) groups is 1. The Labute approximate surface area is 204 Å². The number of amides is 2. The number of rotatable bonds is 6. The number of hydrogen-bond donors (Lipinski definition) is 2. The monoisotopic (exact) mass is 533 g/mol. The number of nitrogens with zero attached hydrogens (tertiary/aromatic N) is 1. The molecule has 2 aromatic carbocycles. The first-order valence-corrected chi connectivity index (χ1v) is 10.7. The van der Waals surface area contributed by atoms with E-state index < -0.39 is 60.0 Å². The lowest BCUT2D eigenvalue weighted by atomic mass is 9.85. The van der Waals surface area contributed by atoms with E-state index in [1.807, 2.05) is 0 Å². The minimum absolute atomic E-state index is 0.134. The van der Waals surface area contributed by atoms with Crippen LogP contribution in [0.2, 0.25) is 0 Å². The van der Waals surface area contributed by atoms with Gasteiger partial charge in [-0.15, -0.1) is 13.2 Å². The molecule has 2 aliphatic heterocycles. The summed E-state index contributed by atoms with van der Waals surface area (Å²) in [6.45, 7) is -0.173. The number of anilines is 1. The summed E-state index contributed by atoms with van der Waals surface area (Å²) < 4.78 is 107. The van der Waals surface area contributed by atoms with E-state index in [1.165, 1.54) is 18.2 Å². The predicted octanol–water partition coefficient (Wildman–Crippen LogP) is 5.43. The van der Waals surface area contributed by atoms with Crippen LogP contribution in [0.4, 0.5) is 41.2 Å². The predicted molar refractivity (Wildman–Crippen MR) is 115 cm³/mol. The first-order valence-electron chi connectivity index (χ1n) is 10.7. The molecule has 3 atom stereocenters. The lowest BCUT2D eigenvalue weighted by molar-refractivity contribution is -0.334. The number of benzene rings is 2. The van der Waals surface area contributed by atoms with Crippen LogP contribution in [-0.2, 0) is 10.3 Å². The molecule has 2 heterocycles. The van der Waals surface area contributed by atoms with Gasteiger partial charge in [-0.05, 0) is 54.4 Å². The van der Waals surface area contributed by atoms with Crippen LogP contribution < -0.4 is 20.1 Å². The molecule has 0 spiro atoms. The maximum absolute atomic E-state index is 13.9. The van der Waals surface area contributed by atoms with Crippen LogP contribution in [0.3, 0.4) is 0 Å². The Balaban J connectivity index is 1.47. The number of hydrogen-bond acceptors (Lipinski definition) is 5. The Morgan fingerprint density at radius 2 is 1.81 bits per heavy atom. The number of urea groups is 1. The summed E-state index contributed by atoms with van der Waals surface area (Å²) >= 11 is 0. The highest BCUT2D eigenvalue weighted by Crippen LogP contribution is 2.53. The molecule has 1 saturated heterocycles. The number of alkyl halides is 6. The highest BCUT2D eigenvalue weighted by molar-refractivity contribution is 5.89. The van der Waals surface area contributed by atoms with Gasteiger partial charge in [0.2, 0.25) is 6.23 Å². The van der Waals surface area contributed by atoms with Crippen LogP contribution in [-0.4, -0.2) is 43.3 Å². The Hall–Kier alpha value is -3.77. The van der Waals surface area contributed by atoms with Crippen LogP contribution >= 0.6 is 0 Å². The van der Waals surface area contributed by atoms with Crippen LogP contribution in [0.1, 0.15) is 18.4 Å². The van der Waals surface area contributed by atoms with Crippen LogP contribution in [0.25, 0.3) is 0 Å². The fraction of sp³-hybridized carbons (Fsp3) is 0.348. The van der Waals surface area contributed by atoms with Gasteiger partial charge in [0.25, 0.3) is 0 Å². The Morgan fingerprint density at radius 1 is 1.11 bits per heavy atom.